The van der Waals surface area contributed by atoms with Crippen molar-refractivity contribution in [2.24, 2.45) is 0 Å². The Morgan fingerprint density at radius 2 is 2.00 bits per heavy atom. The van der Waals surface area contributed by atoms with Gasteiger partial charge in [-0.15, -0.1) is 11.3 Å². The summed E-state index contributed by atoms with van der Waals surface area (Å²) in [5.41, 5.74) is 3.60. The third kappa shape index (κ3) is 3.91. The average molecular weight is 439 g/mol. The van der Waals surface area contributed by atoms with Gasteiger partial charge in [-0.1, -0.05) is 23.4 Å². The second-order valence-electron chi connectivity index (χ2n) is 6.72. The minimum atomic E-state index is -1.45. The molecule has 0 aliphatic carbocycles. The molecule has 148 valence electrons. The van der Waals surface area contributed by atoms with Gasteiger partial charge in [-0.3, -0.25) is 9.59 Å². The zero-order valence-electron chi connectivity index (χ0n) is 15.2. The second-order valence-corrected chi connectivity index (χ2v) is 9.21. The van der Waals surface area contributed by atoms with Crippen LogP contribution in [-0.2, 0) is 37.0 Å². The van der Waals surface area contributed by atoms with Crippen molar-refractivity contribution in [1.29, 1.82) is 0 Å². The molecular formula is C19H19ClN2O4S2. The molecule has 9 heteroatoms. The molecule has 0 bridgehead atoms. The van der Waals surface area contributed by atoms with Crippen LogP contribution in [0, 0.1) is 6.92 Å². The van der Waals surface area contributed by atoms with Crippen LogP contribution in [0.4, 0.5) is 0 Å². The largest absolute Gasteiger partial charge is 0.416 e. The lowest BCUT2D eigenvalue weighted by Crippen LogP contribution is -2.43. The van der Waals surface area contributed by atoms with Crippen LogP contribution in [-0.4, -0.2) is 30.0 Å². The monoisotopic (exact) mass is 438 g/mol. The molecule has 2 aliphatic rings. The van der Waals surface area contributed by atoms with Crippen molar-refractivity contribution in [2.75, 3.05) is 13.1 Å². The van der Waals surface area contributed by atoms with E-state index in [2.05, 4.69) is 10.3 Å². The number of ether oxygens (including phenoxy) is 2. The highest BCUT2D eigenvalue weighted by Gasteiger charge is 2.45. The number of carbonyl (C=O) groups is 2. The maximum absolute atomic E-state index is 12.2. The Kier molecular flexibility index (Phi) is 5.64. The molecule has 4 rings (SSSR count). The third-order valence-electron chi connectivity index (χ3n) is 4.72. The summed E-state index contributed by atoms with van der Waals surface area (Å²) in [5.74, 6) is -1.69. The van der Waals surface area contributed by atoms with E-state index in [0.29, 0.717) is 29.3 Å². The number of rotatable bonds is 3. The summed E-state index contributed by atoms with van der Waals surface area (Å²) in [6, 6.07) is 3.58. The summed E-state index contributed by atoms with van der Waals surface area (Å²) in [4.78, 5) is 28.8. The van der Waals surface area contributed by atoms with E-state index in [1.54, 1.807) is 35.2 Å². The molecule has 3 heterocycles. The number of hydrogen-bond acceptors (Lipinski definition) is 8. The van der Waals surface area contributed by atoms with Crippen LogP contribution in [0.3, 0.4) is 0 Å². The van der Waals surface area contributed by atoms with E-state index in [1.807, 2.05) is 12.3 Å². The Morgan fingerprint density at radius 1 is 1.25 bits per heavy atom. The molecule has 0 saturated carbocycles. The second kappa shape index (κ2) is 8.02. The Morgan fingerprint density at radius 3 is 2.68 bits per heavy atom. The fourth-order valence-corrected chi connectivity index (χ4v) is 5.68. The summed E-state index contributed by atoms with van der Waals surface area (Å²) in [6.07, 6.45) is 0.741. The molecule has 1 spiro atoms. The molecule has 0 amide bonds. The highest BCUT2D eigenvalue weighted by molar-refractivity contribution is 8.00. The molecule has 0 radical (unpaired) electrons. The summed E-state index contributed by atoms with van der Waals surface area (Å²) in [5, 5.41) is 5.89. The maximum Gasteiger partial charge on any atom is 0.309 e. The van der Waals surface area contributed by atoms with Crippen molar-refractivity contribution >= 4 is 46.6 Å². The average Bonchev–Trinajstić information content (AvgIpc) is 2.91. The van der Waals surface area contributed by atoms with Gasteiger partial charge in [-0.25, -0.2) is 4.98 Å². The fraction of sp³-hybridized carbons (Fsp3) is 0.421. The van der Waals surface area contributed by atoms with E-state index in [1.165, 1.54) is 0 Å². The van der Waals surface area contributed by atoms with Gasteiger partial charge >= 0.3 is 11.9 Å². The number of carbonyl (C=O) groups excluding carboxylic acids is 2. The quantitative estimate of drug-likeness (QED) is 0.579. The van der Waals surface area contributed by atoms with Gasteiger partial charge in [0.25, 0.3) is 5.79 Å². The van der Waals surface area contributed by atoms with Gasteiger partial charge in [0.1, 0.15) is 4.34 Å². The summed E-state index contributed by atoms with van der Waals surface area (Å²) in [7, 11) is 0. The number of benzene rings is 1. The van der Waals surface area contributed by atoms with E-state index in [4.69, 9.17) is 21.1 Å². The molecule has 1 N–H and O–H groups in total. The van der Waals surface area contributed by atoms with E-state index >= 15 is 0 Å². The topological polar surface area (TPSA) is 77.5 Å². The summed E-state index contributed by atoms with van der Waals surface area (Å²) >= 11 is 9.75. The molecule has 28 heavy (non-hydrogen) atoms. The Balaban J connectivity index is 1.74. The molecule has 1 saturated heterocycles. The summed E-state index contributed by atoms with van der Waals surface area (Å²) < 4.78 is 12.3. The van der Waals surface area contributed by atoms with Crippen LogP contribution < -0.4 is 5.32 Å². The van der Waals surface area contributed by atoms with Gasteiger partial charge in [0.05, 0.1) is 19.4 Å². The normalized spacial score (nSPS) is 18.8. The minimum absolute atomic E-state index is 0.0234. The summed E-state index contributed by atoms with van der Waals surface area (Å²) in [6.45, 7) is 2.85. The number of thioether (sulfide) groups is 1. The molecule has 1 aromatic carbocycles. The van der Waals surface area contributed by atoms with E-state index in [0.717, 1.165) is 21.2 Å². The van der Waals surface area contributed by atoms with Gasteiger partial charge in [0.2, 0.25) is 0 Å². The zero-order valence-corrected chi connectivity index (χ0v) is 17.6. The minimum Gasteiger partial charge on any atom is -0.416 e. The van der Waals surface area contributed by atoms with E-state index < -0.39 is 17.7 Å². The lowest BCUT2D eigenvalue weighted by atomic mass is 9.94. The number of nitrogens with one attached hydrogen (secondary N) is 1. The van der Waals surface area contributed by atoms with Crippen LogP contribution >= 0.6 is 34.7 Å². The van der Waals surface area contributed by atoms with Gasteiger partial charge in [0.15, 0.2) is 0 Å². The standard InChI is InChI=1S/C19H19ClN2O4S2/c1-11-8-27-18(22-11)28-9-13-12-6-7-21-10-19(14(12)2-3-15(13)20)25-16(23)4-5-17(24)26-19/h2-3,8,21H,4-7,9-10H2,1H3. The van der Waals surface area contributed by atoms with Crippen molar-refractivity contribution in [3.8, 4) is 0 Å². The molecule has 6 nitrogen and oxygen atoms in total. The van der Waals surface area contributed by atoms with E-state index in [-0.39, 0.29) is 19.4 Å². The first-order valence-corrected chi connectivity index (χ1v) is 11.2. The number of esters is 2. The first-order valence-electron chi connectivity index (χ1n) is 8.97. The van der Waals surface area contributed by atoms with Crippen molar-refractivity contribution in [1.82, 2.24) is 10.3 Å². The molecule has 1 aromatic heterocycles. The molecular weight excluding hydrogens is 420 g/mol. The van der Waals surface area contributed by atoms with Crippen molar-refractivity contribution < 1.29 is 19.1 Å². The van der Waals surface area contributed by atoms with Crippen molar-refractivity contribution in [3.05, 3.63) is 44.9 Å². The van der Waals surface area contributed by atoms with Gasteiger partial charge in [-0.2, -0.15) is 0 Å². The first kappa shape index (κ1) is 19.7. The Bertz CT molecular complexity index is 913. The Hall–Kier alpha value is -1.61. The number of hydrogen-bond donors (Lipinski definition) is 1. The number of nitrogens with zero attached hydrogens (tertiary/aromatic N) is 1. The molecule has 1 fully saturated rings. The van der Waals surface area contributed by atoms with Crippen molar-refractivity contribution in [2.45, 2.75) is 42.1 Å². The predicted molar refractivity (Wildman–Crippen MR) is 108 cm³/mol. The number of thiazole rings is 1. The predicted octanol–water partition coefficient (Wildman–Crippen LogP) is 3.58. The molecule has 0 atom stereocenters. The highest BCUT2D eigenvalue weighted by atomic mass is 35.5. The lowest BCUT2D eigenvalue weighted by molar-refractivity contribution is -0.225. The van der Waals surface area contributed by atoms with Crippen molar-refractivity contribution in [3.63, 3.8) is 0 Å². The lowest BCUT2D eigenvalue weighted by Gasteiger charge is -2.32. The first-order chi connectivity index (χ1) is 13.5. The maximum atomic E-state index is 12.2. The fourth-order valence-electron chi connectivity index (χ4n) is 3.43. The van der Waals surface area contributed by atoms with E-state index in [9.17, 15) is 9.59 Å². The smallest absolute Gasteiger partial charge is 0.309 e. The SMILES string of the molecule is Cc1csc(SCc2c(Cl)ccc3c2CCNCC32OC(=O)CCC(=O)O2)n1. The van der Waals surface area contributed by atoms with Gasteiger partial charge in [-0.05, 0) is 43.1 Å². The molecule has 0 unspecified atom stereocenters. The van der Waals surface area contributed by atoms with Crippen LogP contribution in [0.25, 0.3) is 0 Å². The van der Waals surface area contributed by atoms with Crippen LogP contribution in [0.15, 0.2) is 21.9 Å². The van der Waals surface area contributed by atoms with Crippen LogP contribution in [0.5, 0.6) is 0 Å². The number of aromatic nitrogens is 1. The number of aryl methyl sites for hydroxylation is 1. The zero-order chi connectivity index (χ0) is 19.7. The van der Waals surface area contributed by atoms with Crippen LogP contribution in [0.1, 0.15) is 35.2 Å². The third-order valence-corrected chi connectivity index (χ3v) is 7.24. The highest BCUT2D eigenvalue weighted by Crippen LogP contribution is 2.40. The number of halogens is 1. The van der Waals surface area contributed by atoms with Crippen LogP contribution in [0.2, 0.25) is 5.02 Å². The van der Waals surface area contributed by atoms with Gasteiger partial charge in [0, 0.05) is 27.4 Å². The molecule has 2 aliphatic heterocycles. The van der Waals surface area contributed by atoms with Gasteiger partial charge < -0.3 is 14.8 Å². The Labute approximate surface area is 176 Å². The number of fused-ring (bicyclic) bond motifs is 2. The molecule has 2 aromatic rings.